The molecule has 1 aromatic carbocycles. The van der Waals surface area contributed by atoms with Gasteiger partial charge >= 0.3 is 0 Å². The van der Waals surface area contributed by atoms with Crippen molar-refractivity contribution in [1.82, 2.24) is 25.1 Å². The number of benzene rings is 1. The zero-order chi connectivity index (χ0) is 32.4. The average Bonchev–Trinajstić information content (AvgIpc) is 3.04. The van der Waals surface area contributed by atoms with Crippen LogP contribution in [0.15, 0.2) is 36.5 Å². The lowest BCUT2D eigenvalue weighted by Gasteiger charge is -2.41. The molecule has 0 saturated carbocycles. The number of hydrogen-bond acceptors (Lipinski definition) is 8. The van der Waals surface area contributed by atoms with Crippen molar-refractivity contribution >= 4 is 42.4 Å². The first-order chi connectivity index (χ1) is 21.6. The molecule has 2 atom stereocenters. The van der Waals surface area contributed by atoms with E-state index in [0.717, 1.165) is 19.3 Å². The van der Waals surface area contributed by atoms with Gasteiger partial charge in [-0.25, -0.2) is 9.97 Å². The van der Waals surface area contributed by atoms with E-state index in [9.17, 15) is 9.59 Å². The molecule has 2 aromatic rings. The number of anilines is 1. The highest BCUT2D eigenvalue weighted by atomic mass is 35.5. The summed E-state index contributed by atoms with van der Waals surface area (Å²) in [6.07, 6.45) is 4.93. The number of nitrogens with zero attached hydrogens (tertiary/aromatic N) is 4. The zero-order valence-electron chi connectivity index (χ0n) is 29.0. The molecule has 2 amide bonds. The fourth-order valence-corrected chi connectivity index (χ4v) is 6.04. The maximum Gasteiger partial charge on any atom is 0.259 e. The van der Waals surface area contributed by atoms with Gasteiger partial charge in [-0.2, -0.15) is 0 Å². The second-order valence-corrected chi connectivity index (χ2v) is 13.9. The Morgan fingerprint density at radius 3 is 2.45 bits per heavy atom. The Morgan fingerprint density at radius 1 is 1.11 bits per heavy atom. The van der Waals surface area contributed by atoms with Crippen molar-refractivity contribution in [2.24, 2.45) is 11.8 Å². The average molecular weight is 696 g/mol. The molecule has 2 saturated heterocycles. The van der Waals surface area contributed by atoms with E-state index in [-0.39, 0.29) is 66.0 Å². The summed E-state index contributed by atoms with van der Waals surface area (Å²) in [5, 5.41) is 6.86. The number of halogens is 2. The third kappa shape index (κ3) is 11.9. The van der Waals surface area contributed by atoms with Crippen LogP contribution in [0.25, 0.3) is 0 Å². The highest BCUT2D eigenvalue weighted by Crippen LogP contribution is 2.27. The number of aromatic nitrogens is 2. The first-order valence-electron chi connectivity index (χ1n) is 16.6. The van der Waals surface area contributed by atoms with Crippen LogP contribution in [-0.4, -0.2) is 96.7 Å². The summed E-state index contributed by atoms with van der Waals surface area (Å²) >= 11 is 0. The smallest absolute Gasteiger partial charge is 0.259 e. The predicted octanol–water partition coefficient (Wildman–Crippen LogP) is 5.35. The van der Waals surface area contributed by atoms with Crippen molar-refractivity contribution < 1.29 is 19.1 Å². The molecular formula is C35H56Cl2N6O4. The molecule has 2 aliphatic rings. The minimum atomic E-state index is -0.258. The monoisotopic (exact) mass is 694 g/mol. The predicted molar refractivity (Wildman–Crippen MR) is 192 cm³/mol. The number of carbonyl (C=O) groups excluding carboxylic acids is 2. The lowest BCUT2D eigenvalue weighted by atomic mass is 9.91. The van der Waals surface area contributed by atoms with E-state index >= 15 is 0 Å². The first kappa shape index (κ1) is 40.7. The summed E-state index contributed by atoms with van der Waals surface area (Å²) in [5.41, 5.74) is 1.37. The maximum atomic E-state index is 14.3. The van der Waals surface area contributed by atoms with Gasteiger partial charge in [0.1, 0.15) is 17.2 Å². The molecule has 0 bridgehead atoms. The number of likely N-dealkylation sites (tertiary alicyclic amines) is 1. The molecule has 2 fully saturated rings. The number of amides is 2. The summed E-state index contributed by atoms with van der Waals surface area (Å²) in [5.74, 6) is 1.38. The summed E-state index contributed by atoms with van der Waals surface area (Å²) in [6, 6.07) is 10.1. The van der Waals surface area contributed by atoms with Crippen LogP contribution < -0.4 is 10.6 Å². The number of ether oxygens (including phenoxy) is 2. The van der Waals surface area contributed by atoms with E-state index in [1.165, 1.54) is 5.56 Å². The van der Waals surface area contributed by atoms with E-state index in [1.807, 2.05) is 28.0 Å². The molecule has 47 heavy (non-hydrogen) atoms. The normalized spacial score (nSPS) is 18.7. The van der Waals surface area contributed by atoms with Gasteiger partial charge in [0.25, 0.3) is 5.91 Å². The molecule has 264 valence electrons. The Balaban J connectivity index is 0.00000384. The highest BCUT2D eigenvalue weighted by molar-refractivity contribution is 5.98. The van der Waals surface area contributed by atoms with Crippen molar-refractivity contribution in [2.45, 2.75) is 84.5 Å². The Hall–Kier alpha value is -2.50. The van der Waals surface area contributed by atoms with E-state index < -0.39 is 0 Å². The molecular weight excluding hydrogens is 639 g/mol. The van der Waals surface area contributed by atoms with Crippen molar-refractivity contribution in [1.29, 1.82) is 0 Å². The molecule has 0 aliphatic carbocycles. The van der Waals surface area contributed by atoms with Gasteiger partial charge in [0.05, 0.1) is 18.6 Å². The van der Waals surface area contributed by atoms with Gasteiger partial charge in [0.15, 0.2) is 0 Å². The maximum absolute atomic E-state index is 14.3. The van der Waals surface area contributed by atoms with Gasteiger partial charge in [-0.1, -0.05) is 65.0 Å². The van der Waals surface area contributed by atoms with Crippen LogP contribution in [0.1, 0.15) is 82.0 Å². The summed E-state index contributed by atoms with van der Waals surface area (Å²) < 4.78 is 11.4. The van der Waals surface area contributed by atoms with Crippen LogP contribution in [-0.2, 0) is 26.3 Å². The van der Waals surface area contributed by atoms with Crippen LogP contribution in [0.4, 0.5) is 5.82 Å². The Labute approximate surface area is 294 Å². The molecule has 1 aromatic heterocycles. The number of hydrogen-bond donors (Lipinski definition) is 2. The van der Waals surface area contributed by atoms with Gasteiger partial charge < -0.3 is 29.9 Å². The summed E-state index contributed by atoms with van der Waals surface area (Å²) in [4.78, 5) is 41.4. The molecule has 0 radical (unpaired) electrons. The van der Waals surface area contributed by atoms with Gasteiger partial charge in [-0.05, 0) is 37.2 Å². The first-order valence-corrected chi connectivity index (χ1v) is 16.6. The number of carbonyl (C=O) groups is 2. The molecule has 0 spiro atoms. The van der Waals surface area contributed by atoms with Crippen LogP contribution in [0.3, 0.4) is 0 Å². The van der Waals surface area contributed by atoms with Crippen molar-refractivity contribution in [3.05, 3.63) is 53.5 Å². The zero-order valence-corrected chi connectivity index (χ0v) is 30.6. The third-order valence-corrected chi connectivity index (χ3v) is 8.53. The van der Waals surface area contributed by atoms with Crippen molar-refractivity contribution in [3.63, 3.8) is 0 Å². The quantitative estimate of drug-likeness (QED) is 0.270. The molecule has 10 nitrogen and oxygen atoms in total. The second-order valence-electron chi connectivity index (χ2n) is 13.9. The van der Waals surface area contributed by atoms with Crippen LogP contribution >= 0.6 is 24.8 Å². The van der Waals surface area contributed by atoms with Crippen LogP contribution in [0.5, 0.6) is 0 Å². The Kier molecular flexibility index (Phi) is 16.9. The molecule has 2 aliphatic heterocycles. The summed E-state index contributed by atoms with van der Waals surface area (Å²) in [6.45, 7) is 15.5. The molecule has 4 rings (SSSR count). The fourth-order valence-electron chi connectivity index (χ4n) is 6.04. The van der Waals surface area contributed by atoms with Gasteiger partial charge in [0, 0.05) is 70.6 Å². The lowest BCUT2D eigenvalue weighted by Crippen LogP contribution is -2.55. The minimum absolute atomic E-state index is 0. The van der Waals surface area contributed by atoms with E-state index in [0.29, 0.717) is 76.1 Å². The number of methoxy groups -OCH3 is 1. The fraction of sp³-hybridized carbons (Fsp3) is 0.657. The van der Waals surface area contributed by atoms with Crippen LogP contribution in [0, 0.1) is 11.8 Å². The Morgan fingerprint density at radius 2 is 1.81 bits per heavy atom. The number of nitrogens with one attached hydrogen (secondary N) is 2. The third-order valence-electron chi connectivity index (χ3n) is 8.53. The second kappa shape index (κ2) is 19.5. The van der Waals surface area contributed by atoms with E-state index in [1.54, 1.807) is 13.3 Å². The minimum Gasteiger partial charge on any atom is -0.385 e. The topological polar surface area (TPSA) is 109 Å². The van der Waals surface area contributed by atoms with Crippen LogP contribution in [0.2, 0.25) is 0 Å². The van der Waals surface area contributed by atoms with Gasteiger partial charge in [0.2, 0.25) is 5.91 Å². The van der Waals surface area contributed by atoms with Gasteiger partial charge in [-0.3, -0.25) is 9.59 Å². The largest absolute Gasteiger partial charge is 0.385 e. The molecule has 12 heteroatoms. The Bertz CT molecular complexity index is 1240. The van der Waals surface area contributed by atoms with Crippen molar-refractivity contribution in [3.8, 4) is 0 Å². The standard InChI is InChI=1S/C35H54N6O4.2ClH/c1-25(2)23-41(33(43)30-22-38-34(35(3,4)5)39-31(30)37-15-10-18-44-6)28-19-27(20-36-21-28)32(42)40-16-13-29(14-17-40)45-24-26-11-8-7-9-12-26;;/h7-9,11-12,22,25,27-29,36H,10,13-21,23-24H2,1-6H3,(H,37,38,39);2*1H/t27-,28+;;/m1../s1. The van der Waals surface area contributed by atoms with Crippen molar-refractivity contribution in [2.75, 3.05) is 58.3 Å². The summed E-state index contributed by atoms with van der Waals surface area (Å²) in [7, 11) is 1.68. The van der Waals surface area contributed by atoms with Gasteiger partial charge in [-0.15, -0.1) is 24.8 Å². The SMILES string of the molecule is COCCCNc1nc(C(C)(C)C)ncc1C(=O)N(CC(C)C)[C@@H]1CNC[C@H](C(=O)N2CCC(OCc3ccccc3)CC2)C1.Cl.Cl. The molecule has 2 N–H and O–H groups in total. The lowest BCUT2D eigenvalue weighted by molar-refractivity contribution is -0.139. The van der Waals surface area contributed by atoms with E-state index in [2.05, 4.69) is 62.4 Å². The number of rotatable bonds is 13. The molecule has 0 unspecified atom stereocenters. The molecule has 3 heterocycles. The van der Waals surface area contributed by atoms with E-state index in [4.69, 9.17) is 14.5 Å². The highest BCUT2D eigenvalue weighted by Gasteiger charge is 2.37. The number of piperidine rings is 2.